The van der Waals surface area contributed by atoms with Gasteiger partial charge in [-0.15, -0.1) is 5.10 Å². The minimum absolute atomic E-state index is 0.0161. The Labute approximate surface area is 195 Å². The fourth-order valence-corrected chi connectivity index (χ4v) is 5.36. The Bertz CT molecular complexity index is 1230. The highest BCUT2D eigenvalue weighted by Crippen LogP contribution is 2.36. The van der Waals surface area contributed by atoms with Crippen molar-refractivity contribution in [3.05, 3.63) is 52.8 Å². The summed E-state index contributed by atoms with van der Waals surface area (Å²) in [4.78, 5) is 9.77. The van der Waals surface area contributed by atoms with Crippen LogP contribution in [0.2, 0.25) is 0 Å². The average molecular weight is 442 g/mol. The summed E-state index contributed by atoms with van der Waals surface area (Å²) in [5.41, 5.74) is 3.90. The molecule has 7 heteroatoms. The van der Waals surface area contributed by atoms with Crippen LogP contribution in [0.3, 0.4) is 0 Å². The Morgan fingerprint density at radius 1 is 1.12 bits per heavy atom. The van der Waals surface area contributed by atoms with Gasteiger partial charge in [-0.3, -0.25) is 4.90 Å². The summed E-state index contributed by atoms with van der Waals surface area (Å²) < 4.78 is 0. The number of anilines is 2. The predicted octanol–water partition coefficient (Wildman–Crippen LogP) is 4.36. The molecule has 7 nitrogen and oxygen atoms in total. The summed E-state index contributed by atoms with van der Waals surface area (Å²) in [6, 6.07) is 10.3. The zero-order chi connectivity index (χ0) is 23.2. The average Bonchev–Trinajstić information content (AvgIpc) is 3.34. The third kappa shape index (κ3) is 3.79. The summed E-state index contributed by atoms with van der Waals surface area (Å²) in [7, 11) is 0. The van der Waals surface area contributed by atoms with Gasteiger partial charge in [-0.25, -0.2) is 4.98 Å². The number of nitrogens with one attached hydrogen (secondary N) is 1. The highest BCUT2D eigenvalue weighted by atomic mass is 15.4. The molecule has 1 atom stereocenters. The maximum atomic E-state index is 9.40. The van der Waals surface area contributed by atoms with Crippen LogP contribution in [0.1, 0.15) is 55.1 Å². The van der Waals surface area contributed by atoms with E-state index in [0.29, 0.717) is 5.56 Å². The molecule has 2 saturated heterocycles. The van der Waals surface area contributed by atoms with Crippen molar-refractivity contribution in [1.82, 2.24) is 20.1 Å². The molecule has 0 saturated carbocycles. The molecular weight excluding hydrogens is 410 g/mol. The molecule has 2 fully saturated rings. The molecule has 5 rings (SSSR count). The SMILES string of the molecule is Cc1c(C#N)cccc1[C@@H](C)Nc1nnc(C)c2cnc(N3CC(C)(N4CCCC4)C3)cc12. The Hall–Kier alpha value is -3.24. The molecule has 3 aromatic rings. The quantitative estimate of drug-likeness (QED) is 0.630. The lowest BCUT2D eigenvalue weighted by Gasteiger charge is -2.53. The number of nitrogens with zero attached hydrogens (tertiary/aromatic N) is 6. The van der Waals surface area contributed by atoms with Crippen molar-refractivity contribution in [3.8, 4) is 6.07 Å². The molecule has 33 heavy (non-hydrogen) atoms. The summed E-state index contributed by atoms with van der Waals surface area (Å²) >= 11 is 0. The van der Waals surface area contributed by atoms with Crippen molar-refractivity contribution < 1.29 is 0 Å². The lowest BCUT2D eigenvalue weighted by molar-refractivity contribution is 0.101. The number of hydrogen-bond donors (Lipinski definition) is 1. The van der Waals surface area contributed by atoms with Gasteiger partial charge >= 0.3 is 0 Å². The van der Waals surface area contributed by atoms with E-state index in [9.17, 15) is 5.26 Å². The van der Waals surface area contributed by atoms with Gasteiger partial charge in [0.25, 0.3) is 0 Å². The van der Waals surface area contributed by atoms with Gasteiger partial charge in [0.05, 0.1) is 28.9 Å². The second kappa shape index (κ2) is 8.27. The Kier molecular flexibility index (Phi) is 5.41. The van der Waals surface area contributed by atoms with E-state index in [1.165, 1.54) is 25.9 Å². The standard InChI is InChI=1S/C26H31N7/c1-17-20(13-27)8-7-9-21(17)18(2)29-25-22-12-24(28-14-23(22)19(3)30-31-25)32-15-26(4,16-32)33-10-5-6-11-33/h7-9,12,14,18H,5-6,10-11,15-16H2,1-4H3,(H,29,31)/t18-/m1/s1. The van der Waals surface area contributed by atoms with E-state index in [1.54, 1.807) is 0 Å². The van der Waals surface area contributed by atoms with Crippen LogP contribution in [0.4, 0.5) is 11.6 Å². The monoisotopic (exact) mass is 441 g/mol. The number of pyridine rings is 1. The third-order valence-corrected chi connectivity index (χ3v) is 7.41. The molecule has 170 valence electrons. The second-order valence-corrected chi connectivity index (χ2v) is 9.77. The lowest BCUT2D eigenvalue weighted by atomic mass is 9.90. The predicted molar refractivity (Wildman–Crippen MR) is 131 cm³/mol. The minimum atomic E-state index is -0.0161. The molecule has 0 bridgehead atoms. The summed E-state index contributed by atoms with van der Waals surface area (Å²) in [6.07, 6.45) is 4.55. The summed E-state index contributed by atoms with van der Waals surface area (Å²) in [5, 5.41) is 23.8. The van der Waals surface area contributed by atoms with E-state index in [-0.39, 0.29) is 11.6 Å². The maximum absolute atomic E-state index is 9.40. The van der Waals surface area contributed by atoms with Gasteiger partial charge < -0.3 is 10.2 Å². The summed E-state index contributed by atoms with van der Waals surface area (Å²) in [6.45, 7) is 12.9. The van der Waals surface area contributed by atoms with Crippen LogP contribution in [0.5, 0.6) is 0 Å². The van der Waals surface area contributed by atoms with Gasteiger partial charge in [-0.2, -0.15) is 10.4 Å². The first-order valence-corrected chi connectivity index (χ1v) is 11.8. The van der Waals surface area contributed by atoms with E-state index in [0.717, 1.165) is 52.3 Å². The number of likely N-dealkylation sites (tertiary alicyclic amines) is 1. The van der Waals surface area contributed by atoms with E-state index in [2.05, 4.69) is 57.4 Å². The number of hydrogen-bond acceptors (Lipinski definition) is 7. The van der Waals surface area contributed by atoms with Crippen LogP contribution in [0, 0.1) is 25.2 Å². The number of rotatable bonds is 5. The molecule has 0 spiro atoms. The number of benzene rings is 1. The molecule has 1 N–H and O–H groups in total. The lowest BCUT2D eigenvalue weighted by Crippen LogP contribution is -2.68. The van der Waals surface area contributed by atoms with Gasteiger partial charge in [0, 0.05) is 30.1 Å². The van der Waals surface area contributed by atoms with Gasteiger partial charge in [-0.05, 0) is 76.9 Å². The Morgan fingerprint density at radius 3 is 2.61 bits per heavy atom. The molecule has 2 aromatic heterocycles. The van der Waals surface area contributed by atoms with Crippen LogP contribution in [0.25, 0.3) is 10.8 Å². The number of aromatic nitrogens is 3. The normalized spacial score (nSPS) is 18.7. The molecule has 0 aliphatic carbocycles. The highest BCUT2D eigenvalue weighted by molar-refractivity contribution is 5.94. The third-order valence-electron chi connectivity index (χ3n) is 7.41. The smallest absolute Gasteiger partial charge is 0.157 e. The highest BCUT2D eigenvalue weighted by Gasteiger charge is 2.44. The first-order valence-electron chi connectivity index (χ1n) is 11.8. The van der Waals surface area contributed by atoms with Crippen LogP contribution < -0.4 is 10.2 Å². The second-order valence-electron chi connectivity index (χ2n) is 9.77. The van der Waals surface area contributed by atoms with E-state index >= 15 is 0 Å². The largest absolute Gasteiger partial charge is 0.362 e. The molecule has 0 radical (unpaired) electrons. The van der Waals surface area contributed by atoms with Gasteiger partial charge in [-0.1, -0.05) is 12.1 Å². The minimum Gasteiger partial charge on any atom is -0.362 e. The van der Waals surface area contributed by atoms with Crippen molar-refractivity contribution in [2.24, 2.45) is 0 Å². The van der Waals surface area contributed by atoms with Crippen molar-refractivity contribution in [3.63, 3.8) is 0 Å². The van der Waals surface area contributed by atoms with Gasteiger partial charge in [0.2, 0.25) is 0 Å². The molecular formula is C26H31N7. The first kappa shape index (κ1) is 21.6. The van der Waals surface area contributed by atoms with Crippen molar-refractivity contribution in [2.45, 2.75) is 52.1 Å². The molecule has 0 unspecified atom stereocenters. The van der Waals surface area contributed by atoms with Crippen LogP contribution in [-0.2, 0) is 0 Å². The number of aryl methyl sites for hydroxylation is 1. The van der Waals surface area contributed by atoms with Crippen LogP contribution >= 0.6 is 0 Å². The van der Waals surface area contributed by atoms with E-state index in [1.807, 2.05) is 32.2 Å². The fraction of sp³-hybridized carbons (Fsp3) is 0.462. The van der Waals surface area contributed by atoms with E-state index < -0.39 is 0 Å². The number of nitriles is 1. The van der Waals surface area contributed by atoms with Crippen LogP contribution in [0.15, 0.2) is 30.5 Å². The fourth-order valence-electron chi connectivity index (χ4n) is 5.36. The zero-order valence-electron chi connectivity index (χ0n) is 19.9. The first-order chi connectivity index (χ1) is 15.9. The zero-order valence-corrected chi connectivity index (χ0v) is 19.9. The number of fused-ring (bicyclic) bond motifs is 1. The Balaban J connectivity index is 1.43. The van der Waals surface area contributed by atoms with E-state index in [4.69, 9.17) is 4.98 Å². The van der Waals surface area contributed by atoms with Crippen molar-refractivity contribution >= 4 is 22.4 Å². The molecule has 2 aliphatic rings. The molecule has 2 aliphatic heterocycles. The van der Waals surface area contributed by atoms with Gasteiger partial charge in [0.1, 0.15) is 5.82 Å². The van der Waals surface area contributed by atoms with Crippen molar-refractivity contribution in [2.75, 3.05) is 36.4 Å². The van der Waals surface area contributed by atoms with Crippen molar-refractivity contribution in [1.29, 1.82) is 5.26 Å². The maximum Gasteiger partial charge on any atom is 0.157 e. The topological polar surface area (TPSA) is 81.0 Å². The summed E-state index contributed by atoms with van der Waals surface area (Å²) in [5.74, 6) is 1.74. The van der Waals surface area contributed by atoms with Gasteiger partial charge in [0.15, 0.2) is 5.82 Å². The molecule has 4 heterocycles. The Morgan fingerprint density at radius 2 is 1.88 bits per heavy atom. The molecule has 1 aromatic carbocycles. The molecule has 0 amide bonds. The van der Waals surface area contributed by atoms with Crippen LogP contribution in [-0.4, -0.2) is 51.8 Å².